The number of amides is 1. The highest BCUT2D eigenvalue weighted by molar-refractivity contribution is 5.81. The molecular weight excluding hydrogens is 148 g/mol. The van der Waals surface area contributed by atoms with Crippen molar-refractivity contribution in [1.29, 1.82) is 5.26 Å². The van der Waals surface area contributed by atoms with Gasteiger partial charge in [-0.2, -0.15) is 5.26 Å². The third-order valence-corrected chi connectivity index (χ3v) is 0.972. The third kappa shape index (κ3) is 1.46. The maximum atomic E-state index is 9.95. The zero-order chi connectivity index (χ0) is 8.27. The van der Waals surface area contributed by atoms with E-state index < -0.39 is 6.09 Å². The summed E-state index contributed by atoms with van der Waals surface area (Å²) in [5.41, 5.74) is 0.0641. The molecule has 0 unspecified atom stereocenters. The van der Waals surface area contributed by atoms with E-state index in [1.807, 2.05) is 5.32 Å². The van der Waals surface area contributed by atoms with Gasteiger partial charge < -0.3 is 20.2 Å². The average molecular weight is 151 g/mol. The molecule has 0 spiro atoms. The Bertz CT molecular complexity index is 311. The van der Waals surface area contributed by atoms with Crippen LogP contribution in [0.25, 0.3) is 0 Å². The molecule has 1 amide bonds. The Morgan fingerprint density at radius 2 is 2.64 bits per heavy atom. The van der Waals surface area contributed by atoms with Crippen molar-refractivity contribution in [3.63, 3.8) is 0 Å². The van der Waals surface area contributed by atoms with E-state index in [-0.39, 0.29) is 11.5 Å². The molecule has 0 fully saturated rings. The number of aromatic amines is 1. The Morgan fingerprint density at radius 3 is 3.18 bits per heavy atom. The molecule has 0 aromatic carbocycles. The minimum Gasteiger partial charge on any atom is -0.530 e. The summed E-state index contributed by atoms with van der Waals surface area (Å²) in [6.07, 6.45) is -0.280. The quantitative estimate of drug-likeness (QED) is 0.539. The lowest BCUT2D eigenvalue weighted by molar-refractivity contribution is -0.242. The zero-order valence-corrected chi connectivity index (χ0v) is 5.29. The van der Waals surface area contributed by atoms with Crippen LogP contribution in [0.2, 0.25) is 0 Å². The Hall–Kier alpha value is -2.03. The molecule has 1 aromatic heterocycles. The molecule has 0 aliphatic rings. The van der Waals surface area contributed by atoms with Gasteiger partial charge in [0.1, 0.15) is 12.2 Å². The number of nitrogens with zero attached hydrogens (tertiary/aromatic N) is 2. The second-order valence-electron chi connectivity index (χ2n) is 1.65. The van der Waals surface area contributed by atoms with E-state index in [0.29, 0.717) is 0 Å². The summed E-state index contributed by atoms with van der Waals surface area (Å²) < 4.78 is 0. The summed E-state index contributed by atoms with van der Waals surface area (Å²) in [6.45, 7) is 0. The molecule has 2 N–H and O–H groups in total. The van der Waals surface area contributed by atoms with Crippen LogP contribution in [-0.4, -0.2) is 16.1 Å². The van der Waals surface area contributed by atoms with E-state index in [1.165, 1.54) is 6.33 Å². The van der Waals surface area contributed by atoms with Crippen LogP contribution < -0.4 is 10.4 Å². The van der Waals surface area contributed by atoms with Gasteiger partial charge in [0.15, 0.2) is 11.5 Å². The van der Waals surface area contributed by atoms with Crippen molar-refractivity contribution in [2.24, 2.45) is 0 Å². The van der Waals surface area contributed by atoms with Crippen LogP contribution in [0, 0.1) is 11.3 Å². The predicted molar refractivity (Wildman–Crippen MR) is 32.3 cm³/mol. The van der Waals surface area contributed by atoms with Crippen molar-refractivity contribution in [2.75, 3.05) is 5.32 Å². The average Bonchev–Trinajstić information content (AvgIpc) is 2.34. The second kappa shape index (κ2) is 2.70. The normalized spacial score (nSPS) is 8.64. The first kappa shape index (κ1) is 7.08. The molecular formula is C5H3N4O2-. The van der Waals surface area contributed by atoms with E-state index in [0.717, 1.165) is 0 Å². The Labute approximate surface area is 61.5 Å². The van der Waals surface area contributed by atoms with Crippen molar-refractivity contribution >= 4 is 11.9 Å². The molecule has 6 heteroatoms. The maximum Gasteiger partial charge on any atom is 0.167 e. The first-order valence-electron chi connectivity index (χ1n) is 2.65. The predicted octanol–water partition coefficient (Wildman–Crippen LogP) is -0.963. The minimum atomic E-state index is -1.49. The van der Waals surface area contributed by atoms with Gasteiger partial charge in [-0.25, -0.2) is 4.98 Å². The largest absolute Gasteiger partial charge is 0.530 e. The third-order valence-electron chi connectivity index (χ3n) is 0.972. The van der Waals surface area contributed by atoms with Crippen molar-refractivity contribution in [2.45, 2.75) is 0 Å². The van der Waals surface area contributed by atoms with Gasteiger partial charge in [-0.3, -0.25) is 0 Å². The van der Waals surface area contributed by atoms with Gasteiger partial charge in [0.05, 0.1) is 6.33 Å². The number of anilines is 1. The Kier molecular flexibility index (Phi) is 1.74. The van der Waals surface area contributed by atoms with Crippen molar-refractivity contribution in [3.05, 3.63) is 12.0 Å². The number of imidazole rings is 1. The van der Waals surface area contributed by atoms with E-state index in [4.69, 9.17) is 5.26 Å². The fourth-order valence-corrected chi connectivity index (χ4v) is 0.571. The molecule has 11 heavy (non-hydrogen) atoms. The van der Waals surface area contributed by atoms with Crippen LogP contribution in [0.1, 0.15) is 5.69 Å². The number of H-pyrrole nitrogens is 1. The van der Waals surface area contributed by atoms with Gasteiger partial charge in [0.25, 0.3) is 0 Å². The maximum absolute atomic E-state index is 9.95. The van der Waals surface area contributed by atoms with E-state index in [1.54, 1.807) is 6.07 Å². The topological polar surface area (TPSA) is 105 Å². The number of carbonyl (C=O) groups excluding carboxylic acids is 1. The molecule has 0 atom stereocenters. The monoisotopic (exact) mass is 151 g/mol. The smallest absolute Gasteiger partial charge is 0.167 e. The van der Waals surface area contributed by atoms with Gasteiger partial charge >= 0.3 is 0 Å². The highest BCUT2D eigenvalue weighted by Crippen LogP contribution is 2.05. The van der Waals surface area contributed by atoms with Crippen LogP contribution >= 0.6 is 0 Å². The highest BCUT2D eigenvalue weighted by Gasteiger charge is 2.02. The first-order chi connectivity index (χ1) is 5.24. The minimum absolute atomic E-state index is 0.0347. The summed E-state index contributed by atoms with van der Waals surface area (Å²) >= 11 is 0. The first-order valence-corrected chi connectivity index (χ1v) is 2.65. The number of carboxylic acid groups (broad SMARTS) is 1. The number of hydrogen-bond donors (Lipinski definition) is 2. The fraction of sp³-hybridized carbons (Fsp3) is 0. The van der Waals surface area contributed by atoms with Crippen molar-refractivity contribution < 1.29 is 9.90 Å². The number of hydrogen-bond acceptors (Lipinski definition) is 4. The Balaban J connectivity index is 2.87. The van der Waals surface area contributed by atoms with Crippen molar-refractivity contribution in [1.82, 2.24) is 9.97 Å². The van der Waals surface area contributed by atoms with Gasteiger partial charge in [-0.05, 0) is 0 Å². The summed E-state index contributed by atoms with van der Waals surface area (Å²) in [4.78, 5) is 15.9. The number of carbonyl (C=O) groups is 1. The number of nitrogens with one attached hydrogen (secondary N) is 2. The summed E-state index contributed by atoms with van der Waals surface area (Å²) in [5, 5.41) is 20.1. The van der Waals surface area contributed by atoms with Crippen LogP contribution in [0.5, 0.6) is 0 Å². The summed E-state index contributed by atoms with van der Waals surface area (Å²) in [7, 11) is 0. The molecule has 0 saturated heterocycles. The molecule has 0 aliphatic heterocycles. The fourth-order valence-electron chi connectivity index (χ4n) is 0.571. The molecule has 0 bridgehead atoms. The molecule has 6 nitrogen and oxygen atoms in total. The molecule has 56 valence electrons. The van der Waals surface area contributed by atoms with E-state index in [2.05, 4.69) is 9.97 Å². The SMILES string of the molecule is N#Cc1[nH]cnc1NC(=O)[O-]. The molecule has 1 rings (SSSR count). The molecule has 0 radical (unpaired) electrons. The van der Waals surface area contributed by atoms with Crippen LogP contribution in [0.4, 0.5) is 10.6 Å². The number of rotatable bonds is 1. The van der Waals surface area contributed by atoms with E-state index >= 15 is 0 Å². The van der Waals surface area contributed by atoms with Crippen LogP contribution in [0.15, 0.2) is 6.33 Å². The molecule has 1 heterocycles. The van der Waals surface area contributed by atoms with Gasteiger partial charge in [-0.1, -0.05) is 0 Å². The number of aromatic nitrogens is 2. The van der Waals surface area contributed by atoms with E-state index in [9.17, 15) is 9.90 Å². The second-order valence-corrected chi connectivity index (χ2v) is 1.65. The highest BCUT2D eigenvalue weighted by atomic mass is 16.4. The van der Waals surface area contributed by atoms with Crippen LogP contribution in [-0.2, 0) is 0 Å². The van der Waals surface area contributed by atoms with Gasteiger partial charge in [0, 0.05) is 0 Å². The number of nitriles is 1. The molecule has 1 aromatic rings. The molecule has 0 saturated carbocycles. The summed E-state index contributed by atoms with van der Waals surface area (Å²) in [5.74, 6) is -0.0347. The van der Waals surface area contributed by atoms with Crippen LogP contribution in [0.3, 0.4) is 0 Å². The Morgan fingerprint density at radius 1 is 1.91 bits per heavy atom. The lowest BCUT2D eigenvalue weighted by Gasteiger charge is -2.00. The lowest BCUT2D eigenvalue weighted by atomic mass is 10.5. The summed E-state index contributed by atoms with van der Waals surface area (Å²) in [6, 6.07) is 1.71. The lowest BCUT2D eigenvalue weighted by Crippen LogP contribution is -2.29. The standard InChI is InChI=1S/C5H4N4O2/c6-1-3-4(8-2-7-3)9-5(10)11/h2,9H,(H,7,8)(H,10,11)/p-1. The van der Waals surface area contributed by atoms with Gasteiger partial charge in [-0.15, -0.1) is 0 Å². The zero-order valence-electron chi connectivity index (χ0n) is 5.29. The van der Waals surface area contributed by atoms with Gasteiger partial charge in [0.2, 0.25) is 0 Å². The molecule has 0 aliphatic carbocycles. The van der Waals surface area contributed by atoms with Crippen molar-refractivity contribution in [3.8, 4) is 6.07 Å².